The number of amides is 1. The Balaban J connectivity index is 1.89. The first-order chi connectivity index (χ1) is 12.8. The molecule has 0 radical (unpaired) electrons. The van der Waals surface area contributed by atoms with E-state index >= 15 is 0 Å². The highest BCUT2D eigenvalue weighted by Crippen LogP contribution is 2.22. The number of carbonyl (C=O) groups is 1. The molecule has 0 saturated heterocycles. The summed E-state index contributed by atoms with van der Waals surface area (Å²) in [6.45, 7) is 0.186. The van der Waals surface area contributed by atoms with Crippen molar-refractivity contribution in [1.82, 2.24) is 24.2 Å². The molecule has 8 nitrogen and oxygen atoms in total. The van der Waals surface area contributed by atoms with Crippen molar-refractivity contribution in [2.45, 2.75) is 6.54 Å². The summed E-state index contributed by atoms with van der Waals surface area (Å²) >= 11 is 0. The van der Waals surface area contributed by atoms with Gasteiger partial charge in [-0.3, -0.25) is 23.8 Å². The number of aromatic amines is 1. The van der Waals surface area contributed by atoms with E-state index in [4.69, 9.17) is 0 Å². The second-order valence-corrected chi connectivity index (χ2v) is 6.21. The number of hydrogen-bond acceptors (Lipinski definition) is 4. The lowest BCUT2D eigenvalue weighted by molar-refractivity contribution is 0.0773. The number of aromatic nitrogens is 4. The highest BCUT2D eigenvalue weighted by molar-refractivity contribution is 5.92. The molecule has 0 fully saturated rings. The highest BCUT2D eigenvalue weighted by Gasteiger charge is 2.19. The average molecular weight is 371 g/mol. The Morgan fingerprint density at radius 3 is 2.52 bits per heavy atom. The molecule has 0 bridgehead atoms. The van der Waals surface area contributed by atoms with Crippen LogP contribution in [0, 0.1) is 5.82 Å². The smallest absolute Gasteiger partial charge is 0.331 e. The van der Waals surface area contributed by atoms with Crippen molar-refractivity contribution >= 4 is 5.91 Å². The minimum atomic E-state index is -0.574. The minimum Gasteiger partial charge on any atom is -0.336 e. The van der Waals surface area contributed by atoms with Gasteiger partial charge in [0.25, 0.3) is 11.5 Å². The number of carbonyl (C=O) groups excluding carboxylic acids is 1. The van der Waals surface area contributed by atoms with Crippen molar-refractivity contribution in [3.05, 3.63) is 74.4 Å². The molecule has 1 amide bonds. The molecular weight excluding hydrogens is 353 g/mol. The second kappa shape index (κ2) is 7.02. The topological polar surface area (TPSA) is 93.0 Å². The lowest BCUT2D eigenvalue weighted by atomic mass is 10.1. The molecule has 3 rings (SSSR count). The quantitative estimate of drug-likeness (QED) is 0.737. The van der Waals surface area contributed by atoms with Gasteiger partial charge in [-0.25, -0.2) is 9.18 Å². The zero-order valence-electron chi connectivity index (χ0n) is 15.1. The molecule has 2 aromatic heterocycles. The minimum absolute atomic E-state index is 0.00238. The van der Waals surface area contributed by atoms with E-state index in [0.717, 1.165) is 20.8 Å². The predicted octanol–water partition coefficient (Wildman–Crippen LogP) is 0.885. The van der Waals surface area contributed by atoms with Crippen LogP contribution in [0.25, 0.3) is 11.3 Å². The van der Waals surface area contributed by atoms with E-state index < -0.39 is 17.2 Å². The first-order valence-corrected chi connectivity index (χ1v) is 8.10. The zero-order valence-corrected chi connectivity index (χ0v) is 15.1. The fourth-order valence-corrected chi connectivity index (χ4v) is 2.76. The molecule has 140 valence electrons. The van der Waals surface area contributed by atoms with Crippen LogP contribution in [0.2, 0.25) is 0 Å². The largest absolute Gasteiger partial charge is 0.336 e. The summed E-state index contributed by atoms with van der Waals surface area (Å²) in [7, 11) is 4.35. The number of halogens is 1. The van der Waals surface area contributed by atoms with Crippen LogP contribution in [-0.2, 0) is 20.6 Å². The number of benzene rings is 1. The van der Waals surface area contributed by atoms with Crippen LogP contribution < -0.4 is 11.2 Å². The summed E-state index contributed by atoms with van der Waals surface area (Å²) in [5, 5.41) is 6.84. The Bertz CT molecular complexity index is 1110. The van der Waals surface area contributed by atoms with E-state index in [1.54, 1.807) is 25.4 Å². The molecule has 2 heterocycles. The third-order valence-corrected chi connectivity index (χ3v) is 4.35. The molecule has 0 saturated carbocycles. The van der Waals surface area contributed by atoms with Crippen LogP contribution in [0.4, 0.5) is 4.39 Å². The summed E-state index contributed by atoms with van der Waals surface area (Å²) in [4.78, 5) is 38.0. The Morgan fingerprint density at radius 2 is 1.85 bits per heavy atom. The van der Waals surface area contributed by atoms with Crippen LogP contribution in [-0.4, -0.2) is 37.2 Å². The summed E-state index contributed by atoms with van der Waals surface area (Å²) in [5.41, 5.74) is 0.974. The first-order valence-electron chi connectivity index (χ1n) is 8.10. The van der Waals surface area contributed by atoms with E-state index in [9.17, 15) is 18.8 Å². The fourth-order valence-electron chi connectivity index (χ4n) is 2.76. The molecule has 0 unspecified atom stereocenters. The fraction of sp³-hybridized carbons (Fsp3) is 0.222. The van der Waals surface area contributed by atoms with Crippen LogP contribution in [0.1, 0.15) is 16.1 Å². The molecule has 9 heteroatoms. The molecule has 1 aromatic carbocycles. The molecule has 0 aliphatic rings. The van der Waals surface area contributed by atoms with Gasteiger partial charge in [0.15, 0.2) is 0 Å². The van der Waals surface area contributed by atoms with E-state index in [1.807, 2.05) is 0 Å². The summed E-state index contributed by atoms with van der Waals surface area (Å²) in [6.07, 6.45) is 1.57. The monoisotopic (exact) mass is 371 g/mol. The van der Waals surface area contributed by atoms with Crippen molar-refractivity contribution in [3.63, 3.8) is 0 Å². The molecule has 0 atom stereocenters. The first kappa shape index (κ1) is 18.3. The Hall–Kier alpha value is -3.49. The van der Waals surface area contributed by atoms with Crippen molar-refractivity contribution < 1.29 is 9.18 Å². The van der Waals surface area contributed by atoms with Crippen LogP contribution in [0.15, 0.2) is 46.1 Å². The number of nitrogens with one attached hydrogen (secondary N) is 1. The maximum Gasteiger partial charge on any atom is 0.331 e. The van der Waals surface area contributed by atoms with Gasteiger partial charge in [-0.15, -0.1) is 0 Å². The van der Waals surface area contributed by atoms with Gasteiger partial charge in [0.1, 0.15) is 11.5 Å². The number of hydrogen-bond donors (Lipinski definition) is 1. The van der Waals surface area contributed by atoms with Crippen LogP contribution >= 0.6 is 0 Å². The van der Waals surface area contributed by atoms with Crippen molar-refractivity contribution in [2.24, 2.45) is 14.1 Å². The SMILES string of the molecule is CN(Cc1cn[nH]c1-c1ccc(F)cc1)C(=O)c1cc(=O)n(C)c(=O)n1C. The van der Waals surface area contributed by atoms with Gasteiger partial charge in [0.05, 0.1) is 11.9 Å². The van der Waals surface area contributed by atoms with E-state index in [-0.39, 0.29) is 18.1 Å². The molecule has 0 aliphatic carbocycles. The number of rotatable bonds is 4. The second-order valence-electron chi connectivity index (χ2n) is 6.21. The summed E-state index contributed by atoms with van der Waals surface area (Å²) < 4.78 is 15.2. The van der Waals surface area contributed by atoms with Gasteiger partial charge in [-0.2, -0.15) is 5.10 Å². The molecular formula is C18H18FN5O3. The predicted molar refractivity (Wildman–Crippen MR) is 96.7 cm³/mol. The zero-order chi connectivity index (χ0) is 19.7. The van der Waals surface area contributed by atoms with Crippen molar-refractivity contribution in [3.8, 4) is 11.3 Å². The van der Waals surface area contributed by atoms with E-state index in [0.29, 0.717) is 11.3 Å². The maximum absolute atomic E-state index is 13.1. The van der Waals surface area contributed by atoms with Crippen LogP contribution in [0.5, 0.6) is 0 Å². The standard InChI is InChI=1S/C18H18FN5O3/c1-22(17(26)14-8-15(25)24(3)18(27)23(14)2)10-12-9-20-21-16(12)11-4-6-13(19)7-5-11/h4-9H,10H2,1-3H3,(H,20,21). The van der Waals surface area contributed by atoms with Gasteiger partial charge in [-0.1, -0.05) is 0 Å². The maximum atomic E-state index is 13.1. The lowest BCUT2D eigenvalue weighted by Crippen LogP contribution is -2.41. The molecule has 0 spiro atoms. The van der Waals surface area contributed by atoms with Crippen molar-refractivity contribution in [2.75, 3.05) is 7.05 Å². The molecule has 3 aromatic rings. The molecule has 0 aliphatic heterocycles. The Morgan fingerprint density at radius 1 is 1.19 bits per heavy atom. The summed E-state index contributed by atoms with van der Waals surface area (Å²) in [6, 6.07) is 7.03. The Labute approximate surface area is 153 Å². The number of H-pyrrole nitrogens is 1. The van der Waals surface area contributed by atoms with Gasteiger partial charge in [-0.05, 0) is 24.3 Å². The third-order valence-electron chi connectivity index (χ3n) is 4.35. The van der Waals surface area contributed by atoms with Gasteiger partial charge in [0, 0.05) is 44.9 Å². The van der Waals surface area contributed by atoms with Gasteiger partial charge >= 0.3 is 5.69 Å². The lowest BCUT2D eigenvalue weighted by Gasteiger charge is -2.19. The van der Waals surface area contributed by atoms with Crippen molar-refractivity contribution in [1.29, 1.82) is 0 Å². The Kier molecular flexibility index (Phi) is 4.76. The normalized spacial score (nSPS) is 10.8. The molecule has 27 heavy (non-hydrogen) atoms. The average Bonchev–Trinajstić information content (AvgIpc) is 3.11. The third kappa shape index (κ3) is 3.43. The summed E-state index contributed by atoms with van der Waals surface area (Å²) in [5.74, 6) is -0.822. The van der Waals surface area contributed by atoms with E-state index in [2.05, 4.69) is 10.2 Å². The van der Waals surface area contributed by atoms with E-state index in [1.165, 1.54) is 31.1 Å². The molecule has 1 N–H and O–H groups in total. The van der Waals surface area contributed by atoms with Gasteiger partial charge < -0.3 is 4.90 Å². The number of nitrogens with zero attached hydrogens (tertiary/aromatic N) is 4. The van der Waals surface area contributed by atoms with Gasteiger partial charge in [0.2, 0.25) is 0 Å². The van der Waals surface area contributed by atoms with Crippen LogP contribution in [0.3, 0.4) is 0 Å². The highest BCUT2D eigenvalue weighted by atomic mass is 19.1.